The van der Waals surface area contributed by atoms with Crippen LogP contribution in [0.1, 0.15) is 91.5 Å². The van der Waals surface area contributed by atoms with E-state index in [4.69, 9.17) is 16.3 Å². The van der Waals surface area contributed by atoms with Crippen molar-refractivity contribution in [3.63, 3.8) is 0 Å². The molecular weight excluding hydrogens is 686 g/mol. The van der Waals surface area contributed by atoms with Crippen LogP contribution in [-0.4, -0.2) is 71.3 Å². The second-order valence-corrected chi connectivity index (χ2v) is 17.8. The van der Waals surface area contributed by atoms with Gasteiger partial charge in [0.05, 0.1) is 22.2 Å². The first-order valence-electron chi connectivity index (χ1n) is 18.6. The van der Waals surface area contributed by atoms with Gasteiger partial charge in [0.1, 0.15) is 18.7 Å². The van der Waals surface area contributed by atoms with Gasteiger partial charge in [0, 0.05) is 49.5 Å². The summed E-state index contributed by atoms with van der Waals surface area (Å²) in [5.74, 6) is 0.111. The number of carbonyl (C=O) groups excluding carboxylic acids is 1. The van der Waals surface area contributed by atoms with Crippen LogP contribution in [0, 0.1) is 17.8 Å². The number of aryl methyl sites for hydroxylation is 1. The maximum Gasteiger partial charge on any atom is 0.264 e. The Morgan fingerprint density at radius 1 is 1.02 bits per heavy atom. The molecule has 0 spiro atoms. The number of amides is 1. The predicted molar refractivity (Wildman–Crippen MR) is 198 cm³/mol. The van der Waals surface area contributed by atoms with Gasteiger partial charge in [-0.2, -0.15) is 0 Å². The molecular formula is C39H50ClN5O5S. The van der Waals surface area contributed by atoms with Gasteiger partial charge >= 0.3 is 0 Å². The number of rotatable bonds is 2. The minimum absolute atomic E-state index is 0.0779. The molecule has 7 rings (SSSR count). The van der Waals surface area contributed by atoms with Gasteiger partial charge in [0.2, 0.25) is 10.0 Å². The van der Waals surface area contributed by atoms with E-state index < -0.39 is 26.8 Å². The Labute approximate surface area is 307 Å². The quantitative estimate of drug-likeness (QED) is 0.329. The molecule has 4 aliphatic rings. The number of nitrogens with zero attached hydrogens (tertiary/aromatic N) is 4. The Kier molecular flexibility index (Phi) is 10.6. The minimum atomic E-state index is -3.96. The smallest absolute Gasteiger partial charge is 0.264 e. The fourth-order valence-electron chi connectivity index (χ4n) is 8.62. The number of hydrogen-bond donors (Lipinski definition) is 2. The van der Waals surface area contributed by atoms with Crippen LogP contribution < -0.4 is 14.4 Å². The molecule has 12 heteroatoms. The van der Waals surface area contributed by atoms with Gasteiger partial charge < -0.3 is 14.7 Å². The van der Waals surface area contributed by atoms with E-state index in [2.05, 4.69) is 24.5 Å². The molecule has 1 aromatic heterocycles. The summed E-state index contributed by atoms with van der Waals surface area (Å²) < 4.78 is 35.9. The van der Waals surface area contributed by atoms with E-state index in [1.807, 2.05) is 31.3 Å². The van der Waals surface area contributed by atoms with E-state index in [0.717, 1.165) is 68.6 Å². The van der Waals surface area contributed by atoms with E-state index in [-0.39, 0.29) is 23.3 Å². The molecule has 1 aliphatic carbocycles. The van der Waals surface area contributed by atoms with Crippen LogP contribution in [0.15, 0.2) is 48.9 Å². The lowest BCUT2D eigenvalue weighted by atomic mass is 9.62. The van der Waals surface area contributed by atoms with Crippen LogP contribution in [0.4, 0.5) is 5.69 Å². The molecule has 2 N–H and O–H groups in total. The lowest BCUT2D eigenvalue weighted by molar-refractivity contribution is -0.107. The fourth-order valence-corrected chi connectivity index (χ4v) is 10.1. The molecule has 3 aromatic rings. The molecule has 2 bridgehead atoms. The van der Waals surface area contributed by atoms with Crippen molar-refractivity contribution in [3.8, 4) is 5.75 Å². The van der Waals surface area contributed by atoms with Crippen molar-refractivity contribution in [2.24, 2.45) is 17.8 Å². The van der Waals surface area contributed by atoms with E-state index in [0.29, 0.717) is 56.3 Å². The molecule has 274 valence electrons. The SMILES string of the molecule is C[C@@H]1CCC[C@](O)(CN2CCc3cncnc3C2)[C@@H]2CC[C@H]2CN2CCCCc3cc(Cl)ccc3COc3ccc(cc32)C(=O)NS(=O)(=O)[C@@H]1C. The highest BCUT2D eigenvalue weighted by Crippen LogP contribution is 2.47. The van der Waals surface area contributed by atoms with E-state index in [1.54, 1.807) is 31.5 Å². The highest BCUT2D eigenvalue weighted by atomic mass is 35.5. The Bertz CT molecular complexity index is 1860. The van der Waals surface area contributed by atoms with Crippen LogP contribution in [0.2, 0.25) is 5.02 Å². The van der Waals surface area contributed by atoms with Gasteiger partial charge in [-0.25, -0.2) is 23.1 Å². The Morgan fingerprint density at radius 2 is 1.88 bits per heavy atom. The summed E-state index contributed by atoms with van der Waals surface area (Å²) in [4.78, 5) is 27.0. The number of sulfonamides is 1. The van der Waals surface area contributed by atoms with Gasteiger partial charge in [-0.3, -0.25) is 9.69 Å². The number of ether oxygens (including phenoxy) is 1. The van der Waals surface area contributed by atoms with Crippen molar-refractivity contribution in [1.29, 1.82) is 0 Å². The van der Waals surface area contributed by atoms with Crippen LogP contribution in [-0.2, 0) is 36.0 Å². The zero-order valence-corrected chi connectivity index (χ0v) is 31.3. The molecule has 51 heavy (non-hydrogen) atoms. The van der Waals surface area contributed by atoms with E-state index >= 15 is 0 Å². The molecule has 5 atom stereocenters. The number of halogens is 1. The van der Waals surface area contributed by atoms with Crippen molar-refractivity contribution in [1.82, 2.24) is 19.6 Å². The fraction of sp³-hybridized carbons (Fsp3) is 0.564. The number of benzene rings is 2. The molecule has 3 aliphatic heterocycles. The highest BCUT2D eigenvalue weighted by molar-refractivity contribution is 7.90. The van der Waals surface area contributed by atoms with Crippen LogP contribution in [0.5, 0.6) is 5.75 Å². The zero-order chi connectivity index (χ0) is 35.8. The number of β-amino-alcohol motifs (C(OH)–C–C–N with tert-alkyl or cyclic N) is 1. The Balaban J connectivity index is 1.23. The predicted octanol–water partition coefficient (Wildman–Crippen LogP) is 5.94. The summed E-state index contributed by atoms with van der Waals surface area (Å²) in [6.45, 7) is 7.42. The number of carbonyl (C=O) groups is 1. The number of aromatic nitrogens is 2. The summed E-state index contributed by atoms with van der Waals surface area (Å²) in [7, 11) is -3.96. The van der Waals surface area contributed by atoms with Crippen LogP contribution >= 0.6 is 11.6 Å². The summed E-state index contributed by atoms with van der Waals surface area (Å²) in [6.07, 6.45) is 10.9. The average molecular weight is 736 g/mol. The second-order valence-electron chi connectivity index (χ2n) is 15.3. The number of hydrogen-bond acceptors (Lipinski definition) is 9. The van der Waals surface area contributed by atoms with Crippen molar-refractivity contribution >= 4 is 33.2 Å². The lowest BCUT2D eigenvalue weighted by Gasteiger charge is -2.51. The summed E-state index contributed by atoms with van der Waals surface area (Å²) >= 11 is 6.38. The Morgan fingerprint density at radius 3 is 2.71 bits per heavy atom. The largest absolute Gasteiger partial charge is 0.487 e. The molecule has 0 unspecified atom stereocenters. The summed E-state index contributed by atoms with van der Waals surface area (Å²) in [5.41, 5.74) is 4.53. The zero-order valence-electron chi connectivity index (χ0n) is 29.7. The van der Waals surface area contributed by atoms with Crippen molar-refractivity contribution in [3.05, 3.63) is 81.9 Å². The molecule has 10 nitrogen and oxygen atoms in total. The lowest BCUT2D eigenvalue weighted by Crippen LogP contribution is -2.56. The molecule has 1 saturated carbocycles. The van der Waals surface area contributed by atoms with Crippen LogP contribution in [0.25, 0.3) is 0 Å². The molecule has 4 heterocycles. The first kappa shape index (κ1) is 36.1. The molecule has 2 aromatic carbocycles. The van der Waals surface area contributed by atoms with Gasteiger partial charge in [-0.15, -0.1) is 0 Å². The van der Waals surface area contributed by atoms with Gasteiger partial charge in [-0.1, -0.05) is 31.0 Å². The highest BCUT2D eigenvalue weighted by Gasteiger charge is 2.48. The maximum absolute atomic E-state index is 13.6. The third kappa shape index (κ3) is 7.92. The van der Waals surface area contributed by atoms with Gasteiger partial charge in [0.15, 0.2) is 0 Å². The number of anilines is 1. The average Bonchev–Trinajstić information content (AvgIpc) is 3.12. The number of fused-ring (bicyclic) bond motifs is 4. The number of nitrogens with one attached hydrogen (secondary N) is 1. The van der Waals surface area contributed by atoms with Crippen LogP contribution in [0.3, 0.4) is 0 Å². The van der Waals surface area contributed by atoms with Crippen molar-refractivity contribution in [2.75, 3.05) is 31.1 Å². The molecule has 0 radical (unpaired) electrons. The normalized spacial score (nSPS) is 28.8. The minimum Gasteiger partial charge on any atom is -0.487 e. The molecule has 0 saturated heterocycles. The third-order valence-electron chi connectivity index (χ3n) is 12.0. The topological polar surface area (TPSA) is 125 Å². The maximum atomic E-state index is 13.6. The monoisotopic (exact) mass is 735 g/mol. The van der Waals surface area contributed by atoms with E-state index in [9.17, 15) is 18.3 Å². The Hall–Kier alpha value is -3.25. The third-order valence-corrected chi connectivity index (χ3v) is 14.2. The van der Waals surface area contributed by atoms with Gasteiger partial charge in [-0.05, 0) is 123 Å². The van der Waals surface area contributed by atoms with Gasteiger partial charge in [0.25, 0.3) is 5.91 Å². The molecule has 1 fully saturated rings. The van der Waals surface area contributed by atoms with E-state index in [1.165, 1.54) is 11.1 Å². The summed E-state index contributed by atoms with van der Waals surface area (Å²) in [6, 6.07) is 11.1. The van der Waals surface area contributed by atoms with Crippen molar-refractivity contribution in [2.45, 2.75) is 95.6 Å². The number of aliphatic hydroxyl groups is 1. The first-order valence-corrected chi connectivity index (χ1v) is 20.5. The summed E-state index contributed by atoms with van der Waals surface area (Å²) in [5, 5.41) is 12.7. The first-order chi connectivity index (χ1) is 24.5. The second kappa shape index (κ2) is 15.0. The standard InChI is InChI=1S/C39H50ClN5O5S/c1-26-6-5-15-39(47,24-44-17-14-30-20-41-25-42-35(30)22-44)34-12-9-31(34)21-45-16-4-3-7-28-18-33(40)11-8-32(28)23-50-37-13-10-29(19-36(37)45)38(46)43-51(48,49)27(26)2/h8,10-11,13,18-20,25-27,31,34,47H,3-7,9,12,14-17,21-24H2,1-2H3,(H,43,46)/t26-,27-,31+,34-,39+/m1/s1. The molecule has 1 amide bonds. The van der Waals surface area contributed by atoms with Crippen molar-refractivity contribution < 1.29 is 23.1 Å².